The second-order valence-electron chi connectivity index (χ2n) is 7.26. The molecule has 2 aromatic carbocycles. The van der Waals surface area contributed by atoms with E-state index in [1.165, 1.54) is 0 Å². The molecule has 5 nitrogen and oxygen atoms in total. The number of hydrogen-bond donors (Lipinski definition) is 0. The summed E-state index contributed by atoms with van der Waals surface area (Å²) >= 11 is 1.92. The number of sulfone groups is 1. The number of hydrogen-bond acceptors (Lipinski definition) is 6. The van der Waals surface area contributed by atoms with E-state index in [-0.39, 0.29) is 16.8 Å². The quantitative estimate of drug-likeness (QED) is 0.546. The van der Waals surface area contributed by atoms with E-state index in [2.05, 4.69) is 0 Å². The first kappa shape index (κ1) is 20.2. The normalized spacial score (nSPS) is 15.5. The lowest BCUT2D eigenvalue weighted by Crippen LogP contribution is -2.22. The van der Waals surface area contributed by atoms with Gasteiger partial charge in [0.2, 0.25) is 0 Å². The van der Waals surface area contributed by atoms with Gasteiger partial charge in [0.25, 0.3) is 0 Å². The van der Waals surface area contributed by atoms with Crippen molar-refractivity contribution in [1.82, 2.24) is 0 Å². The van der Waals surface area contributed by atoms with Gasteiger partial charge in [-0.15, -0.1) is 0 Å². The summed E-state index contributed by atoms with van der Waals surface area (Å²) in [5.74, 6) is 3.04. The Labute approximate surface area is 175 Å². The molecule has 0 atom stereocenters. The maximum atomic E-state index is 13.2. The lowest BCUT2D eigenvalue weighted by molar-refractivity contribution is 0.192. The average Bonchev–Trinajstić information content (AvgIpc) is 3.18. The van der Waals surface area contributed by atoms with Crippen LogP contribution in [-0.4, -0.2) is 33.1 Å². The molecule has 1 fully saturated rings. The second kappa shape index (κ2) is 8.32. The van der Waals surface area contributed by atoms with Gasteiger partial charge < -0.3 is 13.9 Å². The molecule has 29 heavy (non-hydrogen) atoms. The molecule has 4 rings (SSSR count). The summed E-state index contributed by atoms with van der Waals surface area (Å²) in [5, 5.41) is 0.725. The van der Waals surface area contributed by atoms with Crippen molar-refractivity contribution in [3.8, 4) is 11.5 Å². The highest BCUT2D eigenvalue weighted by Crippen LogP contribution is 2.35. The topological polar surface area (TPSA) is 65.7 Å². The number of methoxy groups -OCH3 is 1. The van der Waals surface area contributed by atoms with E-state index in [0.717, 1.165) is 35.3 Å². The zero-order valence-electron chi connectivity index (χ0n) is 16.5. The fraction of sp³-hybridized carbons (Fsp3) is 0.364. The van der Waals surface area contributed by atoms with Crippen LogP contribution in [0.1, 0.15) is 24.0 Å². The summed E-state index contributed by atoms with van der Waals surface area (Å²) in [6.45, 7) is 1.93. The van der Waals surface area contributed by atoms with Crippen LogP contribution in [0.3, 0.4) is 0 Å². The summed E-state index contributed by atoms with van der Waals surface area (Å²) in [6, 6.07) is 10.6. The number of thioether (sulfide) groups is 1. The lowest BCUT2D eigenvalue weighted by atomic mass is 10.1. The zero-order valence-corrected chi connectivity index (χ0v) is 18.1. The number of fused-ring (bicyclic) bond motifs is 1. The summed E-state index contributed by atoms with van der Waals surface area (Å²) in [5.41, 5.74) is 2.22. The van der Waals surface area contributed by atoms with Gasteiger partial charge >= 0.3 is 0 Å². The molecule has 0 saturated carbocycles. The Balaban J connectivity index is 1.70. The Hall–Kier alpha value is -2.12. The molecule has 1 aliphatic rings. The number of rotatable bonds is 6. The molecule has 2 heterocycles. The van der Waals surface area contributed by atoms with Crippen LogP contribution >= 0.6 is 11.8 Å². The van der Waals surface area contributed by atoms with Gasteiger partial charge in [-0.3, -0.25) is 0 Å². The molecular weight excluding hydrogens is 408 g/mol. The SMILES string of the molecule is COc1ccc(C)cc1CS(=O)(=O)c1cc(OC2CCSCC2)c2occc2c1. The van der Waals surface area contributed by atoms with Crippen molar-refractivity contribution < 1.29 is 22.3 Å². The summed E-state index contributed by atoms with van der Waals surface area (Å²) in [6.07, 6.45) is 3.54. The van der Waals surface area contributed by atoms with Gasteiger partial charge in [-0.25, -0.2) is 8.42 Å². The fourth-order valence-electron chi connectivity index (χ4n) is 3.57. The Morgan fingerprint density at radius 3 is 2.66 bits per heavy atom. The number of aryl methyl sites for hydroxylation is 1. The van der Waals surface area contributed by atoms with Gasteiger partial charge in [0.1, 0.15) is 11.9 Å². The molecule has 3 aromatic rings. The molecule has 0 radical (unpaired) electrons. The van der Waals surface area contributed by atoms with Crippen LogP contribution in [0.2, 0.25) is 0 Å². The first-order valence-corrected chi connectivity index (χ1v) is 12.4. The lowest BCUT2D eigenvalue weighted by Gasteiger charge is -2.23. The Morgan fingerprint density at radius 1 is 1.10 bits per heavy atom. The highest BCUT2D eigenvalue weighted by molar-refractivity contribution is 7.99. The molecule has 1 aromatic heterocycles. The van der Waals surface area contributed by atoms with Gasteiger partial charge in [-0.05, 0) is 49.5 Å². The van der Waals surface area contributed by atoms with E-state index in [9.17, 15) is 8.42 Å². The standard InChI is InChI=1S/C22H24O5S2/c1-15-3-4-20(25-2)17(11-15)14-29(23,24)19-12-16-5-8-26-22(16)21(13-19)27-18-6-9-28-10-7-18/h3-5,8,11-13,18H,6-7,9-10,14H2,1-2H3. The van der Waals surface area contributed by atoms with Crippen LogP contribution in [0.15, 0.2) is 52.0 Å². The van der Waals surface area contributed by atoms with E-state index in [1.54, 1.807) is 37.6 Å². The highest BCUT2D eigenvalue weighted by Gasteiger charge is 2.23. The maximum Gasteiger partial charge on any atom is 0.182 e. The fourth-order valence-corrected chi connectivity index (χ4v) is 6.03. The first-order valence-electron chi connectivity index (χ1n) is 9.58. The Morgan fingerprint density at radius 2 is 1.90 bits per heavy atom. The van der Waals surface area contributed by atoms with Crippen LogP contribution in [0.5, 0.6) is 11.5 Å². The molecule has 1 aliphatic heterocycles. The minimum atomic E-state index is -3.60. The van der Waals surface area contributed by atoms with E-state index < -0.39 is 9.84 Å². The molecule has 0 bridgehead atoms. The maximum absolute atomic E-state index is 13.2. The van der Waals surface area contributed by atoms with Crippen LogP contribution in [-0.2, 0) is 15.6 Å². The minimum Gasteiger partial charge on any atom is -0.496 e. The van der Waals surface area contributed by atoms with Crippen LogP contribution < -0.4 is 9.47 Å². The molecule has 154 valence electrons. The predicted octanol–water partition coefficient (Wildman–Crippen LogP) is 5.00. The first-order chi connectivity index (χ1) is 14.0. The molecule has 0 unspecified atom stereocenters. The highest BCUT2D eigenvalue weighted by atomic mass is 32.2. The van der Waals surface area contributed by atoms with Crippen molar-refractivity contribution in [2.75, 3.05) is 18.6 Å². The van der Waals surface area contributed by atoms with E-state index >= 15 is 0 Å². The molecule has 0 amide bonds. The molecule has 1 saturated heterocycles. The van der Waals surface area contributed by atoms with E-state index in [4.69, 9.17) is 13.9 Å². The molecule has 0 aliphatic carbocycles. The average molecular weight is 433 g/mol. The summed E-state index contributed by atoms with van der Waals surface area (Å²) in [7, 11) is -2.05. The molecular formula is C22H24O5S2. The van der Waals surface area contributed by atoms with Gasteiger partial charge in [-0.1, -0.05) is 17.7 Å². The summed E-state index contributed by atoms with van der Waals surface area (Å²) in [4.78, 5) is 0.232. The second-order valence-corrected chi connectivity index (χ2v) is 10.5. The van der Waals surface area contributed by atoms with Crippen molar-refractivity contribution in [3.05, 3.63) is 53.8 Å². The van der Waals surface area contributed by atoms with Gasteiger partial charge in [0, 0.05) is 17.0 Å². The van der Waals surface area contributed by atoms with Gasteiger partial charge in [0.05, 0.1) is 24.0 Å². The van der Waals surface area contributed by atoms with Gasteiger partial charge in [0.15, 0.2) is 21.2 Å². The summed E-state index contributed by atoms with van der Waals surface area (Å²) < 4.78 is 43.6. The van der Waals surface area contributed by atoms with Crippen molar-refractivity contribution >= 4 is 32.6 Å². The largest absolute Gasteiger partial charge is 0.496 e. The molecule has 0 spiro atoms. The third kappa shape index (κ3) is 4.41. The number of furan rings is 1. The van der Waals surface area contributed by atoms with Crippen LogP contribution in [0.4, 0.5) is 0 Å². The van der Waals surface area contributed by atoms with Gasteiger partial charge in [-0.2, -0.15) is 11.8 Å². The Bertz CT molecular complexity index is 1110. The van der Waals surface area contributed by atoms with Crippen molar-refractivity contribution in [1.29, 1.82) is 0 Å². The molecule has 7 heteroatoms. The third-order valence-electron chi connectivity index (χ3n) is 5.09. The minimum absolute atomic E-state index is 0.0828. The van der Waals surface area contributed by atoms with Crippen molar-refractivity contribution in [2.24, 2.45) is 0 Å². The smallest absolute Gasteiger partial charge is 0.182 e. The Kier molecular flexibility index (Phi) is 5.79. The van der Waals surface area contributed by atoms with Crippen LogP contribution in [0.25, 0.3) is 11.0 Å². The van der Waals surface area contributed by atoms with Crippen molar-refractivity contribution in [3.63, 3.8) is 0 Å². The zero-order chi connectivity index (χ0) is 20.4. The number of ether oxygens (including phenoxy) is 2. The third-order valence-corrected chi connectivity index (χ3v) is 7.79. The molecule has 0 N–H and O–H groups in total. The predicted molar refractivity (Wildman–Crippen MR) is 116 cm³/mol. The van der Waals surface area contributed by atoms with E-state index in [0.29, 0.717) is 22.6 Å². The number of benzene rings is 2. The van der Waals surface area contributed by atoms with E-state index in [1.807, 2.05) is 30.8 Å². The van der Waals surface area contributed by atoms with Crippen LogP contribution in [0, 0.1) is 6.92 Å². The van der Waals surface area contributed by atoms with Crippen molar-refractivity contribution in [2.45, 2.75) is 36.5 Å². The monoisotopic (exact) mass is 432 g/mol.